The third-order valence-electron chi connectivity index (χ3n) is 4.66. The van der Waals surface area contributed by atoms with Gasteiger partial charge in [-0.05, 0) is 17.7 Å². The van der Waals surface area contributed by atoms with Crippen LogP contribution < -0.4 is 11.5 Å². The highest BCUT2D eigenvalue weighted by Gasteiger charge is 2.44. The van der Waals surface area contributed by atoms with E-state index in [1.165, 1.54) is 12.1 Å². The van der Waals surface area contributed by atoms with Gasteiger partial charge in [0.15, 0.2) is 17.4 Å². The predicted octanol–water partition coefficient (Wildman–Crippen LogP) is 2.30. The van der Waals surface area contributed by atoms with Crippen molar-refractivity contribution >= 4 is 28.8 Å². The molecule has 7 heteroatoms. The number of nitrogens with two attached hydrogens (primary N) is 2. The second-order valence-corrected chi connectivity index (χ2v) is 6.66. The molecule has 6 nitrogen and oxygen atoms in total. The van der Waals surface area contributed by atoms with Crippen molar-refractivity contribution in [3.8, 4) is 5.75 Å². The molecule has 1 atom stereocenters. The largest absolute Gasteiger partial charge is 0.508 e. The molecule has 0 saturated heterocycles. The van der Waals surface area contributed by atoms with Crippen molar-refractivity contribution in [1.29, 1.82) is 0 Å². The van der Waals surface area contributed by atoms with Gasteiger partial charge in [-0.15, -0.1) is 0 Å². The number of allylic oxidation sites excluding steroid dienone is 2. The van der Waals surface area contributed by atoms with E-state index in [-0.39, 0.29) is 50.4 Å². The standard InChI is InChI=1S/C20H14N2O4S/c21-19-15(20(22)27)13(9-5-7-10(23)8-6-9)14-16(24)11-3-1-2-4-12(11)17(25)18(14)26-19/h1-8,13,23H,21H2,(H2,22,27). The Morgan fingerprint density at radius 3 is 2.19 bits per heavy atom. The predicted molar refractivity (Wildman–Crippen MR) is 102 cm³/mol. The van der Waals surface area contributed by atoms with Crippen LogP contribution in [0.2, 0.25) is 0 Å². The Kier molecular flexibility index (Phi) is 3.82. The summed E-state index contributed by atoms with van der Waals surface area (Å²) in [5, 5.41) is 9.59. The maximum atomic E-state index is 13.2. The number of fused-ring (bicyclic) bond motifs is 1. The van der Waals surface area contributed by atoms with Crippen LogP contribution in [0, 0.1) is 0 Å². The molecule has 0 spiro atoms. The molecule has 0 radical (unpaired) electrons. The van der Waals surface area contributed by atoms with Crippen LogP contribution in [0.3, 0.4) is 0 Å². The number of carbonyl (C=O) groups is 2. The molecule has 2 aromatic rings. The molecule has 4 rings (SSSR count). The van der Waals surface area contributed by atoms with Crippen molar-refractivity contribution in [1.82, 2.24) is 0 Å². The number of benzene rings is 2. The monoisotopic (exact) mass is 378 g/mol. The van der Waals surface area contributed by atoms with Crippen molar-refractivity contribution in [2.45, 2.75) is 5.92 Å². The Balaban J connectivity index is 1.98. The number of thiocarbonyl (C=S) groups is 1. The van der Waals surface area contributed by atoms with E-state index in [2.05, 4.69) is 0 Å². The number of carbonyl (C=O) groups excluding carboxylic acids is 2. The second-order valence-electron chi connectivity index (χ2n) is 6.22. The topological polar surface area (TPSA) is 116 Å². The zero-order chi connectivity index (χ0) is 19.3. The minimum atomic E-state index is -0.767. The quantitative estimate of drug-likeness (QED) is 0.687. The molecule has 1 aliphatic carbocycles. The molecule has 5 N–H and O–H groups in total. The van der Waals surface area contributed by atoms with Crippen molar-refractivity contribution in [3.05, 3.63) is 88.0 Å². The van der Waals surface area contributed by atoms with Crippen LogP contribution in [0.1, 0.15) is 32.2 Å². The van der Waals surface area contributed by atoms with E-state index in [1.807, 2.05) is 0 Å². The second kappa shape index (κ2) is 6.07. The number of rotatable bonds is 2. The van der Waals surface area contributed by atoms with Crippen LogP contribution in [0.15, 0.2) is 71.3 Å². The summed E-state index contributed by atoms with van der Waals surface area (Å²) >= 11 is 5.13. The van der Waals surface area contributed by atoms with E-state index in [4.69, 9.17) is 28.4 Å². The Morgan fingerprint density at radius 1 is 1.00 bits per heavy atom. The maximum absolute atomic E-state index is 13.2. The van der Waals surface area contributed by atoms with Gasteiger partial charge in [-0.3, -0.25) is 9.59 Å². The molecular formula is C20H14N2O4S. The number of hydrogen-bond donors (Lipinski definition) is 3. The molecule has 2 aliphatic rings. The molecule has 0 fully saturated rings. The van der Waals surface area contributed by atoms with E-state index >= 15 is 0 Å². The first-order valence-electron chi connectivity index (χ1n) is 8.09. The Hall–Kier alpha value is -3.45. The highest BCUT2D eigenvalue weighted by atomic mass is 32.1. The minimum Gasteiger partial charge on any atom is -0.508 e. The van der Waals surface area contributed by atoms with Crippen LogP contribution in [-0.4, -0.2) is 21.7 Å². The van der Waals surface area contributed by atoms with Gasteiger partial charge in [0.25, 0.3) is 0 Å². The van der Waals surface area contributed by atoms with Gasteiger partial charge in [0.2, 0.25) is 5.78 Å². The van der Waals surface area contributed by atoms with Crippen LogP contribution in [0.4, 0.5) is 0 Å². The molecule has 2 aromatic carbocycles. The number of phenolic OH excluding ortho intramolecular Hbond substituents is 1. The lowest BCUT2D eigenvalue weighted by Crippen LogP contribution is -2.35. The number of ether oxygens (including phenoxy) is 1. The summed E-state index contributed by atoms with van der Waals surface area (Å²) in [5.74, 6) is -1.70. The summed E-state index contributed by atoms with van der Waals surface area (Å²) in [6.45, 7) is 0. The Labute approximate surface area is 159 Å². The van der Waals surface area contributed by atoms with E-state index in [0.717, 1.165) is 0 Å². The van der Waals surface area contributed by atoms with Crippen LogP contribution in [0.5, 0.6) is 5.75 Å². The molecule has 0 amide bonds. The fraction of sp³-hybridized carbons (Fsp3) is 0.0500. The number of Topliss-reactive ketones (excluding diaryl/α,β-unsaturated/α-hetero) is 2. The lowest BCUT2D eigenvalue weighted by Gasteiger charge is -2.32. The lowest BCUT2D eigenvalue weighted by atomic mass is 9.75. The Morgan fingerprint density at radius 2 is 1.59 bits per heavy atom. The average Bonchev–Trinajstić information content (AvgIpc) is 2.65. The van der Waals surface area contributed by atoms with Gasteiger partial charge in [-0.1, -0.05) is 48.6 Å². The molecule has 1 aliphatic heterocycles. The van der Waals surface area contributed by atoms with Crippen LogP contribution >= 0.6 is 12.2 Å². The fourth-order valence-electron chi connectivity index (χ4n) is 3.45. The summed E-state index contributed by atoms with van der Waals surface area (Å²) < 4.78 is 5.53. The summed E-state index contributed by atoms with van der Waals surface area (Å²) in [6.07, 6.45) is 0. The first-order valence-corrected chi connectivity index (χ1v) is 8.49. The Bertz CT molecular complexity index is 1080. The normalized spacial score (nSPS) is 18.7. The molecule has 134 valence electrons. The fourth-order valence-corrected chi connectivity index (χ4v) is 3.67. The van der Waals surface area contributed by atoms with Gasteiger partial charge in [-0.2, -0.15) is 0 Å². The maximum Gasteiger partial charge on any atom is 0.229 e. The van der Waals surface area contributed by atoms with E-state index < -0.39 is 11.7 Å². The SMILES string of the molecule is NC(=S)C1=C(N)OC2=C(C(=O)c3ccccc3C2=O)C1c1ccc(O)cc1. The first-order chi connectivity index (χ1) is 12.9. The summed E-state index contributed by atoms with van der Waals surface area (Å²) in [7, 11) is 0. The number of phenols is 1. The van der Waals surface area contributed by atoms with Gasteiger partial charge in [-0.25, -0.2) is 0 Å². The number of aromatic hydroxyl groups is 1. The van der Waals surface area contributed by atoms with Crippen molar-refractivity contribution in [2.75, 3.05) is 0 Å². The summed E-state index contributed by atoms with van der Waals surface area (Å²) in [6, 6.07) is 12.7. The van der Waals surface area contributed by atoms with Gasteiger partial charge < -0.3 is 21.3 Å². The van der Waals surface area contributed by atoms with Crippen LogP contribution in [-0.2, 0) is 4.74 Å². The van der Waals surface area contributed by atoms with Crippen molar-refractivity contribution in [2.24, 2.45) is 11.5 Å². The lowest BCUT2D eigenvalue weighted by molar-refractivity contribution is 0.0897. The zero-order valence-electron chi connectivity index (χ0n) is 13.9. The van der Waals surface area contributed by atoms with Gasteiger partial charge >= 0.3 is 0 Å². The molecule has 0 saturated carbocycles. The molecule has 27 heavy (non-hydrogen) atoms. The summed E-state index contributed by atoms with van der Waals surface area (Å²) in [5.41, 5.74) is 13.4. The zero-order valence-corrected chi connectivity index (χ0v) is 14.7. The molecule has 0 aromatic heterocycles. The molecular weight excluding hydrogens is 364 g/mol. The third-order valence-corrected chi connectivity index (χ3v) is 4.88. The van der Waals surface area contributed by atoms with Gasteiger partial charge in [0, 0.05) is 17.0 Å². The third kappa shape index (κ3) is 2.51. The molecule has 1 heterocycles. The first kappa shape index (κ1) is 17.0. The molecule has 1 unspecified atom stereocenters. The van der Waals surface area contributed by atoms with E-state index in [0.29, 0.717) is 5.56 Å². The van der Waals surface area contributed by atoms with E-state index in [1.54, 1.807) is 36.4 Å². The highest BCUT2D eigenvalue weighted by Crippen LogP contribution is 2.44. The van der Waals surface area contributed by atoms with Gasteiger partial charge in [0.1, 0.15) is 10.7 Å². The number of hydrogen-bond acceptors (Lipinski definition) is 6. The van der Waals surface area contributed by atoms with E-state index in [9.17, 15) is 14.7 Å². The van der Waals surface area contributed by atoms with Crippen molar-refractivity contribution < 1.29 is 19.4 Å². The van der Waals surface area contributed by atoms with Gasteiger partial charge in [0.05, 0.1) is 11.1 Å². The highest BCUT2D eigenvalue weighted by molar-refractivity contribution is 7.80. The average molecular weight is 378 g/mol. The summed E-state index contributed by atoms with van der Waals surface area (Å²) in [4.78, 5) is 26.1. The van der Waals surface area contributed by atoms with Crippen molar-refractivity contribution in [3.63, 3.8) is 0 Å². The molecule has 0 bridgehead atoms. The smallest absolute Gasteiger partial charge is 0.229 e. The number of ketones is 2. The van der Waals surface area contributed by atoms with Crippen LogP contribution in [0.25, 0.3) is 0 Å². The minimum absolute atomic E-state index is 0.0313.